The van der Waals surface area contributed by atoms with Crippen molar-refractivity contribution < 1.29 is 19.3 Å². The minimum absolute atomic E-state index is 0.0231. The van der Waals surface area contributed by atoms with Gasteiger partial charge in [0.1, 0.15) is 6.04 Å². The van der Waals surface area contributed by atoms with E-state index in [-0.39, 0.29) is 28.1 Å². The van der Waals surface area contributed by atoms with Gasteiger partial charge in [-0.15, -0.1) is 0 Å². The number of nitro benzene ring substituents is 1. The van der Waals surface area contributed by atoms with Crippen LogP contribution < -0.4 is 16.0 Å². The molecule has 164 valence electrons. The summed E-state index contributed by atoms with van der Waals surface area (Å²) in [4.78, 5) is 47.2. The van der Waals surface area contributed by atoms with Gasteiger partial charge in [-0.05, 0) is 30.2 Å². The minimum atomic E-state index is -0.896. The van der Waals surface area contributed by atoms with Crippen molar-refractivity contribution in [2.24, 2.45) is 5.92 Å². The highest BCUT2D eigenvalue weighted by Crippen LogP contribution is 2.23. The maximum atomic E-state index is 12.8. The van der Waals surface area contributed by atoms with Crippen LogP contribution in [0.1, 0.15) is 37.6 Å². The van der Waals surface area contributed by atoms with E-state index in [2.05, 4.69) is 16.0 Å². The highest BCUT2D eigenvalue weighted by atomic mass is 35.5. The Morgan fingerprint density at radius 3 is 2.26 bits per heavy atom. The van der Waals surface area contributed by atoms with Crippen LogP contribution in [0.15, 0.2) is 42.5 Å². The average Bonchev–Trinajstić information content (AvgIpc) is 2.71. The van der Waals surface area contributed by atoms with Gasteiger partial charge in [0.05, 0.1) is 15.5 Å². The van der Waals surface area contributed by atoms with Crippen LogP contribution in [-0.2, 0) is 9.59 Å². The number of hydrogen-bond donors (Lipinski definition) is 3. The lowest BCUT2D eigenvalue weighted by atomic mass is 10.0. The number of halogens is 1. The van der Waals surface area contributed by atoms with Gasteiger partial charge in [-0.2, -0.15) is 0 Å². The maximum Gasteiger partial charge on any atom is 0.270 e. The van der Waals surface area contributed by atoms with Crippen molar-refractivity contribution in [2.45, 2.75) is 33.2 Å². The standard InChI is InChI=1S/C21H23ClN4O5/c1-4-18(27)23-13-6-5-7-14(10-13)24-21(29)19(12(2)3)25-20(28)16-9-8-15(26(30)31)11-17(16)22/h5-12,19H,4H2,1-3H3,(H,23,27)(H,24,29)(H,25,28). The van der Waals surface area contributed by atoms with Crippen molar-refractivity contribution in [3.05, 3.63) is 63.2 Å². The zero-order valence-electron chi connectivity index (χ0n) is 17.3. The largest absolute Gasteiger partial charge is 0.340 e. The van der Waals surface area contributed by atoms with Crippen LogP contribution in [0.2, 0.25) is 5.02 Å². The third-order valence-electron chi connectivity index (χ3n) is 4.38. The van der Waals surface area contributed by atoms with Gasteiger partial charge in [0.25, 0.3) is 11.6 Å². The summed E-state index contributed by atoms with van der Waals surface area (Å²) in [6, 6.07) is 9.24. The summed E-state index contributed by atoms with van der Waals surface area (Å²) in [5.74, 6) is -1.50. The van der Waals surface area contributed by atoms with Crippen molar-refractivity contribution in [3.63, 3.8) is 0 Å². The first-order valence-corrected chi connectivity index (χ1v) is 9.95. The van der Waals surface area contributed by atoms with Crippen molar-refractivity contribution in [2.75, 3.05) is 10.6 Å². The van der Waals surface area contributed by atoms with E-state index in [1.165, 1.54) is 12.1 Å². The fourth-order valence-electron chi connectivity index (χ4n) is 2.70. The van der Waals surface area contributed by atoms with Crippen LogP contribution in [0.3, 0.4) is 0 Å². The second-order valence-corrected chi connectivity index (χ2v) is 7.50. The first-order valence-electron chi connectivity index (χ1n) is 9.58. The normalized spacial score (nSPS) is 11.5. The number of carbonyl (C=O) groups excluding carboxylic acids is 3. The monoisotopic (exact) mass is 446 g/mol. The second-order valence-electron chi connectivity index (χ2n) is 7.09. The van der Waals surface area contributed by atoms with E-state index in [0.29, 0.717) is 17.8 Å². The molecule has 0 aromatic heterocycles. The molecule has 0 aliphatic rings. The fourth-order valence-corrected chi connectivity index (χ4v) is 2.96. The van der Waals surface area contributed by atoms with Gasteiger partial charge in [-0.1, -0.05) is 38.4 Å². The van der Waals surface area contributed by atoms with E-state index in [1.807, 2.05) is 0 Å². The molecule has 0 saturated carbocycles. The Bertz CT molecular complexity index is 1010. The van der Waals surface area contributed by atoms with Gasteiger partial charge >= 0.3 is 0 Å². The molecule has 3 N–H and O–H groups in total. The van der Waals surface area contributed by atoms with Gasteiger partial charge in [0.2, 0.25) is 11.8 Å². The van der Waals surface area contributed by atoms with Crippen LogP contribution >= 0.6 is 11.6 Å². The smallest absolute Gasteiger partial charge is 0.270 e. The summed E-state index contributed by atoms with van der Waals surface area (Å²) >= 11 is 6.01. The van der Waals surface area contributed by atoms with Crippen molar-refractivity contribution in [1.29, 1.82) is 0 Å². The molecule has 0 fully saturated rings. The number of anilines is 2. The molecule has 1 atom stereocenters. The number of hydrogen-bond acceptors (Lipinski definition) is 5. The van der Waals surface area contributed by atoms with E-state index in [1.54, 1.807) is 45.0 Å². The van der Waals surface area contributed by atoms with E-state index >= 15 is 0 Å². The first kappa shape index (κ1) is 23.8. The van der Waals surface area contributed by atoms with Crippen LogP contribution in [0, 0.1) is 16.0 Å². The summed E-state index contributed by atoms with van der Waals surface area (Å²) in [6.07, 6.45) is 0.323. The number of nitro groups is 1. The van der Waals surface area contributed by atoms with E-state index in [9.17, 15) is 24.5 Å². The third-order valence-corrected chi connectivity index (χ3v) is 4.69. The first-order chi connectivity index (χ1) is 14.6. The molecule has 2 aromatic rings. The van der Waals surface area contributed by atoms with E-state index < -0.39 is 22.8 Å². The number of carbonyl (C=O) groups is 3. The Balaban J connectivity index is 2.14. The third kappa shape index (κ3) is 6.51. The van der Waals surface area contributed by atoms with Crippen molar-refractivity contribution in [1.82, 2.24) is 5.32 Å². The summed E-state index contributed by atoms with van der Waals surface area (Å²) in [5, 5.41) is 18.8. The number of rotatable bonds is 8. The van der Waals surface area contributed by atoms with E-state index in [4.69, 9.17) is 11.6 Å². The van der Waals surface area contributed by atoms with Gasteiger partial charge in [0.15, 0.2) is 0 Å². The summed E-state index contributed by atoms with van der Waals surface area (Å²) in [5.41, 5.74) is 0.768. The molecule has 0 heterocycles. The Morgan fingerprint density at radius 2 is 1.71 bits per heavy atom. The molecule has 9 nitrogen and oxygen atoms in total. The molecule has 1 unspecified atom stereocenters. The highest BCUT2D eigenvalue weighted by molar-refractivity contribution is 6.34. The molecule has 10 heteroatoms. The zero-order chi connectivity index (χ0) is 23.1. The summed E-state index contributed by atoms with van der Waals surface area (Å²) in [7, 11) is 0. The Labute approximate surface area is 184 Å². The van der Waals surface area contributed by atoms with Crippen LogP contribution in [-0.4, -0.2) is 28.7 Å². The van der Waals surface area contributed by atoms with Gasteiger partial charge in [-0.25, -0.2) is 0 Å². The van der Waals surface area contributed by atoms with Gasteiger partial charge in [-0.3, -0.25) is 24.5 Å². The number of nitrogens with one attached hydrogen (secondary N) is 3. The second kappa shape index (κ2) is 10.5. The SMILES string of the molecule is CCC(=O)Nc1cccc(NC(=O)C(NC(=O)c2ccc([N+](=O)[O-])cc2Cl)C(C)C)c1. The molecule has 2 aromatic carbocycles. The van der Waals surface area contributed by atoms with Crippen LogP contribution in [0.25, 0.3) is 0 Å². The van der Waals surface area contributed by atoms with Crippen LogP contribution in [0.4, 0.5) is 17.1 Å². The molecular weight excluding hydrogens is 424 g/mol. The van der Waals surface area contributed by atoms with Crippen molar-refractivity contribution >= 4 is 46.4 Å². The predicted molar refractivity (Wildman–Crippen MR) is 118 cm³/mol. The molecule has 2 rings (SSSR count). The summed E-state index contributed by atoms with van der Waals surface area (Å²) in [6.45, 7) is 5.26. The number of amides is 3. The zero-order valence-corrected chi connectivity index (χ0v) is 18.0. The van der Waals surface area contributed by atoms with Gasteiger partial charge < -0.3 is 16.0 Å². The maximum absolute atomic E-state index is 12.8. The molecule has 0 aliphatic carbocycles. The van der Waals surface area contributed by atoms with Crippen LogP contribution in [0.5, 0.6) is 0 Å². The molecule has 31 heavy (non-hydrogen) atoms. The fraction of sp³-hybridized carbons (Fsp3) is 0.286. The van der Waals surface area contributed by atoms with Gasteiger partial charge in [0, 0.05) is 29.9 Å². The Hall–Kier alpha value is -3.46. The molecule has 0 saturated heterocycles. The van der Waals surface area contributed by atoms with E-state index in [0.717, 1.165) is 6.07 Å². The lowest BCUT2D eigenvalue weighted by Gasteiger charge is -2.22. The predicted octanol–water partition coefficient (Wildman–Crippen LogP) is 3.99. The lowest BCUT2D eigenvalue weighted by molar-refractivity contribution is -0.384. The molecule has 0 spiro atoms. The molecular formula is C21H23ClN4O5. The summed E-state index contributed by atoms with van der Waals surface area (Å²) < 4.78 is 0. The average molecular weight is 447 g/mol. The highest BCUT2D eigenvalue weighted by Gasteiger charge is 2.26. The topological polar surface area (TPSA) is 130 Å². The number of non-ortho nitro benzene ring substituents is 1. The lowest BCUT2D eigenvalue weighted by Crippen LogP contribution is -2.47. The number of benzene rings is 2. The molecule has 0 radical (unpaired) electrons. The Morgan fingerprint density at radius 1 is 1.06 bits per heavy atom. The molecule has 0 bridgehead atoms. The quantitative estimate of drug-likeness (QED) is 0.417. The van der Waals surface area contributed by atoms with Crippen molar-refractivity contribution in [3.8, 4) is 0 Å². The number of nitrogens with zero attached hydrogens (tertiary/aromatic N) is 1. The molecule has 0 aliphatic heterocycles. The Kier molecular flexibility index (Phi) is 8.09. The molecule has 3 amide bonds. The minimum Gasteiger partial charge on any atom is -0.340 e.